The number of carboxylic acid groups (broad SMARTS) is 1. The number of nitrogens with one attached hydrogen (secondary N) is 3. The number of hydrogen-bond acceptors (Lipinski definition) is 6. The molecule has 0 spiro atoms. The SMILES string of the molecule is CCNc1cc(F)cc2c1NC(=O)C2(C)N1CCC[C@H](Nc2ccc(C(=O)O)nc2)C1. The topological polar surface area (TPSA) is 107 Å². The van der Waals surface area contributed by atoms with E-state index >= 15 is 0 Å². The minimum absolute atomic E-state index is 0.0129. The number of aromatic carboxylic acids is 1. The Morgan fingerprint density at radius 2 is 2.23 bits per heavy atom. The van der Waals surface area contributed by atoms with Crippen molar-refractivity contribution in [2.45, 2.75) is 38.3 Å². The monoisotopic (exact) mass is 427 g/mol. The standard InChI is InChI=1S/C22H26FN5O3/c1-3-24-18-10-13(23)9-16-19(18)27-21(31)22(16,2)28-8-4-5-15(12-28)26-14-6-7-17(20(29)30)25-11-14/h6-7,9-11,15,24,26H,3-5,8,12H2,1-2H3,(H,27,31)(H,29,30)/t15-,22?/m0/s1. The highest BCUT2D eigenvalue weighted by atomic mass is 19.1. The summed E-state index contributed by atoms with van der Waals surface area (Å²) in [6, 6.07) is 6.04. The number of carboxylic acids is 1. The van der Waals surface area contributed by atoms with Gasteiger partial charge >= 0.3 is 5.97 Å². The molecular weight excluding hydrogens is 401 g/mol. The number of rotatable bonds is 6. The number of halogens is 1. The van der Waals surface area contributed by atoms with Gasteiger partial charge in [-0.05, 0) is 57.5 Å². The quantitative estimate of drug-likeness (QED) is 0.561. The van der Waals surface area contributed by atoms with Crippen molar-refractivity contribution in [2.24, 2.45) is 0 Å². The zero-order chi connectivity index (χ0) is 22.2. The number of hydrogen-bond donors (Lipinski definition) is 4. The fourth-order valence-corrected chi connectivity index (χ4v) is 4.47. The van der Waals surface area contributed by atoms with Crippen molar-refractivity contribution < 1.29 is 19.1 Å². The average Bonchev–Trinajstić information content (AvgIpc) is 3.00. The molecule has 2 aromatic rings. The van der Waals surface area contributed by atoms with E-state index in [-0.39, 0.29) is 23.5 Å². The number of pyridine rings is 1. The number of nitrogens with zero attached hydrogens (tertiary/aromatic N) is 2. The fraction of sp³-hybridized carbons (Fsp3) is 0.409. The number of amides is 1. The molecule has 1 aromatic carbocycles. The smallest absolute Gasteiger partial charge is 0.354 e. The molecule has 1 saturated heterocycles. The van der Waals surface area contributed by atoms with E-state index in [9.17, 15) is 14.0 Å². The van der Waals surface area contributed by atoms with E-state index in [0.29, 0.717) is 36.6 Å². The highest BCUT2D eigenvalue weighted by Crippen LogP contribution is 2.45. The molecule has 0 bridgehead atoms. The largest absolute Gasteiger partial charge is 0.477 e. The maximum Gasteiger partial charge on any atom is 0.354 e. The van der Waals surface area contributed by atoms with Crippen LogP contribution in [0.4, 0.5) is 21.5 Å². The van der Waals surface area contributed by atoms with Crippen molar-refractivity contribution >= 4 is 28.9 Å². The molecule has 1 fully saturated rings. The second-order valence-electron chi connectivity index (χ2n) is 8.10. The van der Waals surface area contributed by atoms with Crippen LogP contribution in [0.15, 0.2) is 30.5 Å². The number of carbonyl (C=O) groups excluding carboxylic acids is 1. The Bertz CT molecular complexity index is 1010. The molecule has 1 aromatic heterocycles. The van der Waals surface area contributed by atoms with Crippen molar-refractivity contribution in [3.63, 3.8) is 0 Å². The van der Waals surface area contributed by atoms with Gasteiger partial charge in [-0.2, -0.15) is 0 Å². The van der Waals surface area contributed by atoms with Gasteiger partial charge in [0.2, 0.25) is 5.91 Å². The summed E-state index contributed by atoms with van der Waals surface area (Å²) in [6.45, 7) is 5.68. The van der Waals surface area contributed by atoms with E-state index in [2.05, 4.69) is 25.8 Å². The number of anilines is 3. The first-order valence-corrected chi connectivity index (χ1v) is 10.4. The summed E-state index contributed by atoms with van der Waals surface area (Å²) in [5.41, 5.74) is 1.60. The highest BCUT2D eigenvalue weighted by molar-refractivity contribution is 6.08. The van der Waals surface area contributed by atoms with Crippen LogP contribution < -0.4 is 16.0 Å². The van der Waals surface area contributed by atoms with Crippen molar-refractivity contribution in [3.05, 3.63) is 47.5 Å². The number of piperidine rings is 1. The Morgan fingerprint density at radius 3 is 2.90 bits per heavy atom. The highest BCUT2D eigenvalue weighted by Gasteiger charge is 2.49. The van der Waals surface area contributed by atoms with Gasteiger partial charge < -0.3 is 21.1 Å². The van der Waals surface area contributed by atoms with E-state index in [1.165, 1.54) is 24.4 Å². The molecular formula is C22H26FN5O3. The Kier molecular flexibility index (Phi) is 5.53. The Balaban J connectivity index is 1.57. The normalized spacial score (nSPS) is 23.2. The van der Waals surface area contributed by atoms with Gasteiger partial charge in [0.25, 0.3) is 0 Å². The van der Waals surface area contributed by atoms with Crippen LogP contribution in [0.25, 0.3) is 0 Å². The van der Waals surface area contributed by atoms with E-state index in [0.717, 1.165) is 18.5 Å². The summed E-state index contributed by atoms with van der Waals surface area (Å²) >= 11 is 0. The van der Waals surface area contributed by atoms with Gasteiger partial charge in [0.05, 0.1) is 23.3 Å². The number of fused-ring (bicyclic) bond motifs is 1. The van der Waals surface area contributed by atoms with Crippen LogP contribution in [0.3, 0.4) is 0 Å². The van der Waals surface area contributed by atoms with Gasteiger partial charge in [0.15, 0.2) is 0 Å². The molecule has 2 aliphatic heterocycles. The molecule has 31 heavy (non-hydrogen) atoms. The first kappa shape index (κ1) is 21.0. The summed E-state index contributed by atoms with van der Waals surface area (Å²) in [7, 11) is 0. The van der Waals surface area contributed by atoms with Crippen LogP contribution in [0.5, 0.6) is 0 Å². The van der Waals surface area contributed by atoms with Gasteiger partial charge in [-0.1, -0.05) is 0 Å². The lowest BCUT2D eigenvalue weighted by atomic mass is 9.88. The maximum atomic E-state index is 14.4. The lowest BCUT2D eigenvalue weighted by Gasteiger charge is -2.42. The van der Waals surface area contributed by atoms with Crippen molar-refractivity contribution in [2.75, 3.05) is 35.6 Å². The summed E-state index contributed by atoms with van der Waals surface area (Å²) in [4.78, 5) is 30.1. The zero-order valence-corrected chi connectivity index (χ0v) is 17.5. The third-order valence-corrected chi connectivity index (χ3v) is 6.08. The van der Waals surface area contributed by atoms with Crippen LogP contribution in [0.2, 0.25) is 0 Å². The first-order valence-electron chi connectivity index (χ1n) is 10.4. The van der Waals surface area contributed by atoms with Crippen LogP contribution in [0.1, 0.15) is 42.7 Å². The number of likely N-dealkylation sites (tertiary alicyclic amines) is 1. The molecule has 0 radical (unpaired) electrons. The van der Waals surface area contributed by atoms with E-state index in [1.54, 1.807) is 6.07 Å². The van der Waals surface area contributed by atoms with Gasteiger partial charge in [-0.15, -0.1) is 0 Å². The molecule has 4 rings (SSSR count). The van der Waals surface area contributed by atoms with E-state index < -0.39 is 11.5 Å². The molecule has 8 nitrogen and oxygen atoms in total. The average molecular weight is 427 g/mol. The summed E-state index contributed by atoms with van der Waals surface area (Å²) in [5, 5.41) is 18.5. The molecule has 1 unspecified atom stereocenters. The second-order valence-corrected chi connectivity index (χ2v) is 8.10. The predicted molar refractivity (Wildman–Crippen MR) is 116 cm³/mol. The molecule has 3 heterocycles. The Labute approximate surface area is 179 Å². The van der Waals surface area contributed by atoms with Crippen LogP contribution >= 0.6 is 0 Å². The van der Waals surface area contributed by atoms with Crippen molar-refractivity contribution in [1.29, 1.82) is 0 Å². The molecule has 4 N–H and O–H groups in total. The van der Waals surface area contributed by atoms with Crippen molar-refractivity contribution in [1.82, 2.24) is 9.88 Å². The summed E-state index contributed by atoms with van der Waals surface area (Å²) < 4.78 is 14.4. The van der Waals surface area contributed by atoms with E-state index in [4.69, 9.17) is 5.11 Å². The Morgan fingerprint density at radius 1 is 1.42 bits per heavy atom. The third-order valence-electron chi connectivity index (χ3n) is 6.08. The van der Waals surface area contributed by atoms with E-state index in [1.807, 2.05) is 13.8 Å². The van der Waals surface area contributed by atoms with Crippen LogP contribution in [0, 0.1) is 5.82 Å². The van der Waals surface area contributed by atoms with Crippen LogP contribution in [-0.2, 0) is 10.3 Å². The number of benzene rings is 1. The number of aromatic nitrogens is 1. The summed E-state index contributed by atoms with van der Waals surface area (Å²) in [6.07, 6.45) is 3.26. The Hall–Kier alpha value is -3.20. The molecule has 0 aliphatic carbocycles. The van der Waals surface area contributed by atoms with Gasteiger partial charge in [0, 0.05) is 24.7 Å². The predicted octanol–water partition coefficient (Wildman–Crippen LogP) is 3.09. The molecule has 2 aliphatic rings. The lowest BCUT2D eigenvalue weighted by molar-refractivity contribution is -0.127. The minimum atomic E-state index is -1.07. The van der Waals surface area contributed by atoms with Gasteiger partial charge in [-0.3, -0.25) is 9.69 Å². The first-order chi connectivity index (χ1) is 14.8. The zero-order valence-electron chi connectivity index (χ0n) is 17.5. The molecule has 164 valence electrons. The molecule has 1 amide bonds. The van der Waals surface area contributed by atoms with Gasteiger partial charge in [-0.25, -0.2) is 14.2 Å². The molecule has 0 saturated carbocycles. The van der Waals surface area contributed by atoms with Crippen LogP contribution in [-0.4, -0.2) is 52.5 Å². The molecule has 2 atom stereocenters. The molecule has 9 heteroatoms. The number of carbonyl (C=O) groups is 2. The fourth-order valence-electron chi connectivity index (χ4n) is 4.47. The second kappa shape index (κ2) is 8.14. The van der Waals surface area contributed by atoms with Crippen molar-refractivity contribution in [3.8, 4) is 0 Å². The minimum Gasteiger partial charge on any atom is -0.477 e. The van der Waals surface area contributed by atoms with Gasteiger partial charge in [0.1, 0.15) is 17.1 Å². The third kappa shape index (κ3) is 3.81. The summed E-state index contributed by atoms with van der Waals surface area (Å²) in [5.74, 6) is -1.62. The lowest BCUT2D eigenvalue weighted by Crippen LogP contribution is -2.55. The maximum absolute atomic E-state index is 14.4.